The predicted molar refractivity (Wildman–Crippen MR) is 117 cm³/mol. The van der Waals surface area contributed by atoms with Crippen LogP contribution in [0, 0.1) is 0 Å². The van der Waals surface area contributed by atoms with Crippen molar-refractivity contribution in [3.63, 3.8) is 0 Å². The van der Waals surface area contributed by atoms with Crippen LogP contribution < -0.4 is 15.0 Å². The van der Waals surface area contributed by atoms with Gasteiger partial charge in [-0.2, -0.15) is 0 Å². The maximum atomic E-state index is 12.6. The highest BCUT2D eigenvalue weighted by atomic mass is 16.5. The first-order valence-electron chi connectivity index (χ1n) is 10.0. The summed E-state index contributed by atoms with van der Waals surface area (Å²) < 4.78 is 5.51. The van der Waals surface area contributed by atoms with Crippen molar-refractivity contribution in [3.05, 3.63) is 95.1 Å². The van der Waals surface area contributed by atoms with E-state index in [4.69, 9.17) is 4.74 Å². The smallest absolute Gasteiger partial charge is 0.265 e. The summed E-state index contributed by atoms with van der Waals surface area (Å²) in [5.41, 5.74) is 3.41. The molecule has 6 nitrogen and oxygen atoms in total. The molecule has 2 amide bonds. The Morgan fingerprint density at radius 2 is 1.71 bits per heavy atom. The summed E-state index contributed by atoms with van der Waals surface area (Å²) in [6, 6.07) is 21.9. The molecule has 0 saturated heterocycles. The molecule has 1 N–H and O–H groups in total. The first kappa shape index (κ1) is 20.3. The van der Waals surface area contributed by atoms with E-state index in [2.05, 4.69) is 5.32 Å². The lowest BCUT2D eigenvalue weighted by Crippen LogP contribution is -2.38. The molecule has 0 aliphatic carbocycles. The van der Waals surface area contributed by atoms with Gasteiger partial charge in [-0.1, -0.05) is 42.5 Å². The third kappa shape index (κ3) is 4.64. The fourth-order valence-corrected chi connectivity index (χ4v) is 3.47. The van der Waals surface area contributed by atoms with E-state index in [0.717, 1.165) is 11.1 Å². The molecule has 0 unspecified atom stereocenters. The first-order chi connectivity index (χ1) is 15.0. The van der Waals surface area contributed by atoms with Crippen molar-refractivity contribution in [2.45, 2.75) is 20.0 Å². The van der Waals surface area contributed by atoms with Crippen LogP contribution in [-0.2, 0) is 17.9 Å². The zero-order valence-electron chi connectivity index (χ0n) is 17.1. The zero-order chi connectivity index (χ0) is 21.8. The number of carbonyl (C=O) groups excluding carboxylic acids is 3. The quantitative estimate of drug-likeness (QED) is 0.624. The Morgan fingerprint density at radius 1 is 0.935 bits per heavy atom. The number of ketones is 1. The van der Waals surface area contributed by atoms with Crippen LogP contribution in [0.5, 0.6) is 5.75 Å². The normalized spacial score (nSPS) is 12.7. The number of Topliss-reactive ketones (excluding diaryl/α,β-unsaturated/α-hetero) is 1. The Bertz CT molecular complexity index is 1140. The Labute approximate surface area is 180 Å². The van der Waals surface area contributed by atoms with Gasteiger partial charge in [-0.25, -0.2) is 0 Å². The van der Waals surface area contributed by atoms with E-state index in [0.29, 0.717) is 29.1 Å². The van der Waals surface area contributed by atoms with Crippen LogP contribution in [0.3, 0.4) is 0 Å². The molecule has 0 aromatic heterocycles. The van der Waals surface area contributed by atoms with Crippen LogP contribution in [0.15, 0.2) is 72.8 Å². The van der Waals surface area contributed by atoms with E-state index in [-0.39, 0.29) is 30.7 Å². The summed E-state index contributed by atoms with van der Waals surface area (Å²) in [5, 5.41) is 2.91. The minimum Gasteiger partial charge on any atom is -0.482 e. The molecule has 156 valence electrons. The molecule has 0 spiro atoms. The van der Waals surface area contributed by atoms with E-state index < -0.39 is 0 Å². The Morgan fingerprint density at radius 3 is 2.48 bits per heavy atom. The SMILES string of the molecule is CC(=O)c1ccc2c(c1)N(Cc1cccc(C(=O)NCc3ccccc3)c1)C(=O)CO2. The highest BCUT2D eigenvalue weighted by molar-refractivity contribution is 6.01. The number of anilines is 1. The summed E-state index contributed by atoms with van der Waals surface area (Å²) in [4.78, 5) is 38.5. The summed E-state index contributed by atoms with van der Waals surface area (Å²) in [6.07, 6.45) is 0. The average molecular weight is 414 g/mol. The van der Waals surface area contributed by atoms with Gasteiger partial charge in [-0.05, 0) is 48.4 Å². The Hall–Kier alpha value is -3.93. The molecule has 0 fully saturated rings. The van der Waals surface area contributed by atoms with Crippen LogP contribution in [0.4, 0.5) is 5.69 Å². The lowest BCUT2D eigenvalue weighted by Gasteiger charge is -2.30. The number of nitrogens with zero attached hydrogens (tertiary/aromatic N) is 1. The molecule has 0 radical (unpaired) electrons. The molecular weight excluding hydrogens is 392 g/mol. The number of rotatable bonds is 6. The monoisotopic (exact) mass is 414 g/mol. The number of benzene rings is 3. The maximum absolute atomic E-state index is 12.6. The van der Waals surface area contributed by atoms with Crippen LogP contribution >= 0.6 is 0 Å². The largest absolute Gasteiger partial charge is 0.482 e. The molecule has 1 aliphatic heterocycles. The number of nitrogens with one attached hydrogen (secondary N) is 1. The second kappa shape index (κ2) is 8.83. The molecule has 3 aromatic carbocycles. The van der Waals surface area contributed by atoms with Crippen LogP contribution in [0.2, 0.25) is 0 Å². The fourth-order valence-electron chi connectivity index (χ4n) is 3.47. The van der Waals surface area contributed by atoms with E-state index in [1.54, 1.807) is 41.3 Å². The van der Waals surface area contributed by atoms with E-state index >= 15 is 0 Å². The Balaban J connectivity index is 1.52. The summed E-state index contributed by atoms with van der Waals surface area (Å²) >= 11 is 0. The molecule has 4 rings (SSSR count). The molecule has 6 heteroatoms. The Kier molecular flexibility index (Phi) is 5.80. The number of hydrogen-bond acceptors (Lipinski definition) is 4. The van der Waals surface area contributed by atoms with E-state index in [9.17, 15) is 14.4 Å². The number of hydrogen-bond donors (Lipinski definition) is 1. The molecule has 1 aliphatic rings. The van der Waals surface area contributed by atoms with Crippen molar-refractivity contribution in [1.82, 2.24) is 5.32 Å². The number of fused-ring (bicyclic) bond motifs is 1. The van der Waals surface area contributed by atoms with Crippen molar-refractivity contribution >= 4 is 23.3 Å². The van der Waals surface area contributed by atoms with Gasteiger partial charge in [0.2, 0.25) is 0 Å². The van der Waals surface area contributed by atoms with Crippen molar-refractivity contribution in [1.29, 1.82) is 0 Å². The van der Waals surface area contributed by atoms with Gasteiger partial charge >= 0.3 is 0 Å². The highest BCUT2D eigenvalue weighted by Crippen LogP contribution is 2.34. The van der Waals surface area contributed by atoms with E-state index in [1.807, 2.05) is 36.4 Å². The third-order valence-corrected chi connectivity index (χ3v) is 5.13. The first-order valence-corrected chi connectivity index (χ1v) is 10.0. The van der Waals surface area contributed by atoms with Crippen molar-refractivity contribution < 1.29 is 19.1 Å². The average Bonchev–Trinajstić information content (AvgIpc) is 2.80. The lowest BCUT2D eigenvalue weighted by atomic mass is 10.1. The minimum atomic E-state index is -0.202. The van der Waals surface area contributed by atoms with Crippen molar-refractivity contribution in [2.75, 3.05) is 11.5 Å². The zero-order valence-corrected chi connectivity index (χ0v) is 17.1. The molecule has 1 heterocycles. The van der Waals surface area contributed by atoms with Gasteiger partial charge < -0.3 is 15.0 Å². The predicted octanol–water partition coefficient (Wildman–Crippen LogP) is 3.74. The standard InChI is InChI=1S/C25H22N2O4/c1-17(28)20-10-11-23-22(13-20)27(24(29)16-31-23)15-19-8-5-9-21(12-19)25(30)26-14-18-6-3-2-4-7-18/h2-13H,14-16H2,1H3,(H,26,30). The molecule has 0 bridgehead atoms. The van der Waals surface area contributed by atoms with Gasteiger partial charge in [0.1, 0.15) is 5.75 Å². The second-order valence-corrected chi connectivity index (χ2v) is 7.38. The van der Waals surface area contributed by atoms with Gasteiger partial charge in [0.05, 0.1) is 12.2 Å². The van der Waals surface area contributed by atoms with Gasteiger partial charge in [-0.3, -0.25) is 14.4 Å². The van der Waals surface area contributed by atoms with Crippen molar-refractivity contribution in [3.8, 4) is 5.75 Å². The number of amides is 2. The highest BCUT2D eigenvalue weighted by Gasteiger charge is 2.26. The lowest BCUT2D eigenvalue weighted by molar-refractivity contribution is -0.121. The second-order valence-electron chi connectivity index (χ2n) is 7.38. The van der Waals surface area contributed by atoms with Gasteiger partial charge in [0.25, 0.3) is 11.8 Å². The van der Waals surface area contributed by atoms with E-state index in [1.165, 1.54) is 6.92 Å². The van der Waals surface area contributed by atoms with Gasteiger partial charge in [0.15, 0.2) is 12.4 Å². The summed E-state index contributed by atoms with van der Waals surface area (Å²) in [7, 11) is 0. The minimum absolute atomic E-state index is 0.0658. The molecular formula is C25H22N2O4. The molecule has 31 heavy (non-hydrogen) atoms. The van der Waals surface area contributed by atoms with Crippen LogP contribution in [-0.4, -0.2) is 24.2 Å². The van der Waals surface area contributed by atoms with Crippen LogP contribution in [0.25, 0.3) is 0 Å². The molecule has 0 saturated carbocycles. The van der Waals surface area contributed by atoms with Gasteiger partial charge in [-0.15, -0.1) is 0 Å². The molecule has 0 atom stereocenters. The molecule has 3 aromatic rings. The number of ether oxygens (including phenoxy) is 1. The third-order valence-electron chi connectivity index (χ3n) is 5.13. The van der Waals surface area contributed by atoms with Crippen molar-refractivity contribution in [2.24, 2.45) is 0 Å². The maximum Gasteiger partial charge on any atom is 0.265 e. The fraction of sp³-hybridized carbons (Fsp3) is 0.160. The topological polar surface area (TPSA) is 75.7 Å². The summed E-state index contributed by atoms with van der Waals surface area (Å²) in [5.74, 6) is 0.0876. The van der Waals surface area contributed by atoms with Crippen LogP contribution in [0.1, 0.15) is 38.8 Å². The van der Waals surface area contributed by atoms with Gasteiger partial charge in [0, 0.05) is 17.7 Å². The number of carbonyl (C=O) groups is 3. The summed E-state index contributed by atoms with van der Waals surface area (Å²) in [6.45, 7) is 2.13.